The van der Waals surface area contributed by atoms with E-state index in [-0.39, 0.29) is 5.91 Å². The quantitative estimate of drug-likeness (QED) is 0.935. The second-order valence-corrected chi connectivity index (χ2v) is 6.78. The highest BCUT2D eigenvalue weighted by Gasteiger charge is 2.18. The van der Waals surface area contributed by atoms with Crippen molar-refractivity contribution in [2.75, 3.05) is 11.6 Å². The summed E-state index contributed by atoms with van der Waals surface area (Å²) in [5.41, 5.74) is 3.09. The minimum Gasteiger partial charge on any atom is -0.298 e. The molecule has 0 aliphatic heterocycles. The molecule has 0 bridgehead atoms. The zero-order chi connectivity index (χ0) is 13.9. The van der Waals surface area contributed by atoms with Gasteiger partial charge in [0.15, 0.2) is 5.13 Å². The maximum absolute atomic E-state index is 12.2. The Labute approximate surface area is 126 Å². The van der Waals surface area contributed by atoms with Gasteiger partial charge in [-0.25, -0.2) is 4.98 Å². The second-order valence-electron chi connectivity index (χ2n) is 4.83. The Bertz CT molecular complexity index is 598. The van der Waals surface area contributed by atoms with Crippen LogP contribution in [0.4, 0.5) is 5.13 Å². The van der Waals surface area contributed by atoms with Crippen LogP contribution in [-0.4, -0.2) is 17.1 Å². The number of thioether (sulfide) groups is 1. The normalized spacial score (nSPS) is 13.2. The number of amides is 1. The third-order valence-electron chi connectivity index (χ3n) is 3.34. The monoisotopic (exact) mass is 304 g/mol. The van der Waals surface area contributed by atoms with Gasteiger partial charge in [-0.15, -0.1) is 11.3 Å². The summed E-state index contributed by atoms with van der Waals surface area (Å²) in [5, 5.41) is 3.63. The van der Waals surface area contributed by atoms with Crippen LogP contribution in [0.3, 0.4) is 0 Å². The average Bonchev–Trinajstić information content (AvgIpc) is 3.01. The number of rotatable bonds is 4. The van der Waals surface area contributed by atoms with Crippen LogP contribution in [0.5, 0.6) is 0 Å². The predicted octanol–water partition coefficient (Wildman–Crippen LogP) is 3.75. The topological polar surface area (TPSA) is 42.0 Å². The molecule has 2 aromatic rings. The lowest BCUT2D eigenvalue weighted by Crippen LogP contribution is -2.11. The fraction of sp³-hybridized carbons (Fsp3) is 0.333. The molecule has 0 fully saturated rings. The van der Waals surface area contributed by atoms with Crippen molar-refractivity contribution < 1.29 is 4.79 Å². The molecule has 3 nitrogen and oxygen atoms in total. The number of aromatic nitrogens is 1. The molecule has 0 unspecified atom stereocenters. The highest BCUT2D eigenvalue weighted by Crippen LogP contribution is 2.30. The summed E-state index contributed by atoms with van der Waals surface area (Å²) in [5.74, 6) is 0.898. The number of benzene rings is 1. The zero-order valence-electron chi connectivity index (χ0n) is 11.3. The number of thiazole rings is 1. The number of fused-ring (bicyclic) bond motifs is 1. The first-order valence-corrected chi connectivity index (χ1v) is 8.85. The summed E-state index contributed by atoms with van der Waals surface area (Å²) in [7, 11) is 0. The van der Waals surface area contributed by atoms with E-state index in [1.807, 2.05) is 24.3 Å². The number of hydrogen-bond donors (Lipinski definition) is 1. The average molecular weight is 304 g/mol. The minimum atomic E-state index is -0.0758. The number of anilines is 1. The molecule has 104 valence electrons. The maximum Gasteiger partial charge on any atom is 0.257 e. The molecule has 1 aliphatic carbocycles. The number of carbonyl (C=O) groups excluding carboxylic acids is 1. The van der Waals surface area contributed by atoms with Crippen molar-refractivity contribution in [1.82, 2.24) is 4.98 Å². The first-order chi connectivity index (χ1) is 9.76. The smallest absolute Gasteiger partial charge is 0.257 e. The molecule has 3 rings (SSSR count). The summed E-state index contributed by atoms with van der Waals surface area (Å²) in [6, 6.07) is 7.77. The van der Waals surface area contributed by atoms with Gasteiger partial charge in [0.05, 0.1) is 5.69 Å². The summed E-state index contributed by atoms with van der Waals surface area (Å²) >= 11 is 3.39. The lowest BCUT2D eigenvalue weighted by atomic mass is 10.1. The fourth-order valence-electron chi connectivity index (χ4n) is 2.33. The van der Waals surface area contributed by atoms with E-state index in [0.717, 1.165) is 23.7 Å². The molecule has 0 saturated heterocycles. The fourth-order valence-corrected chi connectivity index (χ4v) is 3.90. The molecule has 0 spiro atoms. The van der Waals surface area contributed by atoms with E-state index in [4.69, 9.17) is 0 Å². The van der Waals surface area contributed by atoms with Crippen LogP contribution in [0.25, 0.3) is 0 Å². The molecular formula is C15H16N2OS2. The molecule has 0 saturated carbocycles. The molecule has 1 aromatic carbocycles. The SMILES string of the molecule is CSCc1ccc(C(=O)Nc2nc3c(s2)CCC3)cc1. The summed E-state index contributed by atoms with van der Waals surface area (Å²) in [6.45, 7) is 0. The molecule has 1 aromatic heterocycles. The summed E-state index contributed by atoms with van der Waals surface area (Å²) in [6.07, 6.45) is 5.42. The Hall–Kier alpha value is -1.33. The van der Waals surface area contributed by atoms with Crippen molar-refractivity contribution in [2.24, 2.45) is 0 Å². The standard InChI is InChI=1S/C15H16N2OS2/c1-19-9-10-5-7-11(8-6-10)14(18)17-15-16-12-3-2-4-13(12)20-15/h5-8H,2-4,9H2,1H3,(H,16,17,18). The predicted molar refractivity (Wildman–Crippen MR) is 85.8 cm³/mol. The molecule has 1 amide bonds. The first kappa shape index (κ1) is 13.6. The van der Waals surface area contributed by atoms with E-state index in [2.05, 4.69) is 16.6 Å². The van der Waals surface area contributed by atoms with Crippen molar-refractivity contribution in [1.29, 1.82) is 0 Å². The van der Waals surface area contributed by atoms with Gasteiger partial charge in [0.2, 0.25) is 0 Å². The second kappa shape index (κ2) is 5.97. The summed E-state index contributed by atoms with van der Waals surface area (Å²) < 4.78 is 0. The van der Waals surface area contributed by atoms with Gasteiger partial charge < -0.3 is 0 Å². The van der Waals surface area contributed by atoms with Gasteiger partial charge in [-0.3, -0.25) is 10.1 Å². The highest BCUT2D eigenvalue weighted by molar-refractivity contribution is 7.97. The molecule has 0 atom stereocenters. The van der Waals surface area contributed by atoms with Crippen LogP contribution < -0.4 is 5.32 Å². The van der Waals surface area contributed by atoms with Gasteiger partial charge in [0.1, 0.15) is 0 Å². The summed E-state index contributed by atoms with van der Waals surface area (Å²) in [4.78, 5) is 18.0. The van der Waals surface area contributed by atoms with Gasteiger partial charge >= 0.3 is 0 Å². The van der Waals surface area contributed by atoms with Crippen molar-refractivity contribution >= 4 is 34.1 Å². The Balaban J connectivity index is 1.68. The maximum atomic E-state index is 12.2. The molecule has 20 heavy (non-hydrogen) atoms. The van der Waals surface area contributed by atoms with Gasteiger partial charge in [-0.2, -0.15) is 11.8 Å². The molecule has 0 radical (unpaired) electrons. The van der Waals surface area contributed by atoms with E-state index in [0.29, 0.717) is 5.56 Å². The zero-order valence-corrected chi connectivity index (χ0v) is 12.9. The van der Waals surface area contributed by atoms with Crippen molar-refractivity contribution in [3.63, 3.8) is 0 Å². The van der Waals surface area contributed by atoms with E-state index in [1.165, 1.54) is 22.6 Å². The number of carbonyl (C=O) groups is 1. The van der Waals surface area contributed by atoms with E-state index in [9.17, 15) is 4.79 Å². The van der Waals surface area contributed by atoms with Crippen molar-refractivity contribution in [3.05, 3.63) is 46.0 Å². The molecular weight excluding hydrogens is 288 g/mol. The van der Waals surface area contributed by atoms with Gasteiger partial charge in [-0.1, -0.05) is 12.1 Å². The number of nitrogens with zero attached hydrogens (tertiary/aromatic N) is 1. The highest BCUT2D eigenvalue weighted by atomic mass is 32.2. The lowest BCUT2D eigenvalue weighted by Gasteiger charge is -2.03. The van der Waals surface area contributed by atoms with Crippen molar-refractivity contribution in [2.45, 2.75) is 25.0 Å². The van der Waals surface area contributed by atoms with Gasteiger partial charge in [0, 0.05) is 16.2 Å². The Morgan fingerprint density at radius 3 is 2.85 bits per heavy atom. The van der Waals surface area contributed by atoms with E-state index < -0.39 is 0 Å². The molecule has 1 heterocycles. The molecule has 1 aliphatic rings. The largest absolute Gasteiger partial charge is 0.298 e. The van der Waals surface area contributed by atoms with Gasteiger partial charge in [0.25, 0.3) is 5.91 Å². The van der Waals surface area contributed by atoms with E-state index in [1.54, 1.807) is 23.1 Å². The number of aryl methyl sites for hydroxylation is 2. The third kappa shape index (κ3) is 2.88. The van der Waals surface area contributed by atoms with Crippen LogP contribution in [0.1, 0.15) is 32.9 Å². The first-order valence-electron chi connectivity index (χ1n) is 6.64. The van der Waals surface area contributed by atoms with Gasteiger partial charge in [-0.05, 0) is 43.2 Å². The molecule has 5 heteroatoms. The van der Waals surface area contributed by atoms with Crippen LogP contribution in [0.2, 0.25) is 0 Å². The molecule has 1 N–H and O–H groups in total. The Morgan fingerprint density at radius 2 is 2.15 bits per heavy atom. The van der Waals surface area contributed by atoms with Crippen LogP contribution >= 0.6 is 23.1 Å². The third-order valence-corrected chi connectivity index (χ3v) is 5.04. The van der Waals surface area contributed by atoms with Crippen LogP contribution in [-0.2, 0) is 18.6 Å². The van der Waals surface area contributed by atoms with E-state index >= 15 is 0 Å². The number of nitrogens with one attached hydrogen (secondary N) is 1. The minimum absolute atomic E-state index is 0.0758. The van der Waals surface area contributed by atoms with Crippen LogP contribution in [0, 0.1) is 0 Å². The Morgan fingerprint density at radius 1 is 1.35 bits per heavy atom. The lowest BCUT2D eigenvalue weighted by molar-refractivity contribution is 0.102. The van der Waals surface area contributed by atoms with Crippen LogP contribution in [0.15, 0.2) is 24.3 Å². The van der Waals surface area contributed by atoms with Crippen molar-refractivity contribution in [3.8, 4) is 0 Å². The number of hydrogen-bond acceptors (Lipinski definition) is 4. The Kier molecular flexibility index (Phi) is 4.08.